The lowest BCUT2D eigenvalue weighted by atomic mass is 9.82. The average molecular weight is 394 g/mol. The highest BCUT2D eigenvalue weighted by Gasteiger charge is 2.38. The van der Waals surface area contributed by atoms with Gasteiger partial charge in [-0.05, 0) is 32.0 Å². The number of hydrogen-bond acceptors (Lipinski definition) is 6. The van der Waals surface area contributed by atoms with Gasteiger partial charge in [-0.3, -0.25) is 0 Å². The Hall–Kier alpha value is -3.79. The van der Waals surface area contributed by atoms with E-state index in [1.54, 1.807) is 38.1 Å². The normalized spacial score (nSPS) is 16.1. The van der Waals surface area contributed by atoms with E-state index in [2.05, 4.69) is 0 Å². The molecule has 0 fully saturated rings. The molecule has 1 heterocycles. The first kappa shape index (κ1) is 20.0. The Bertz CT molecular complexity index is 1040. The van der Waals surface area contributed by atoms with Gasteiger partial charge >= 0.3 is 5.97 Å². The van der Waals surface area contributed by atoms with Gasteiger partial charge in [0.1, 0.15) is 34.7 Å². The minimum atomic E-state index is -0.924. The minimum absolute atomic E-state index is 0.0168. The van der Waals surface area contributed by atoms with Crippen LogP contribution in [0.5, 0.6) is 11.5 Å². The molecule has 6 nitrogen and oxygen atoms in total. The molecule has 29 heavy (non-hydrogen) atoms. The molecule has 148 valence electrons. The lowest BCUT2D eigenvalue weighted by Gasteiger charge is -2.28. The van der Waals surface area contributed by atoms with E-state index >= 15 is 0 Å². The Morgan fingerprint density at radius 3 is 2.66 bits per heavy atom. The lowest BCUT2D eigenvalue weighted by Crippen LogP contribution is -2.25. The summed E-state index contributed by atoms with van der Waals surface area (Å²) in [5.74, 6) is -1.39. The number of nitrogens with two attached hydrogens (primary N) is 1. The van der Waals surface area contributed by atoms with Crippen molar-refractivity contribution >= 4 is 5.97 Å². The highest BCUT2D eigenvalue weighted by atomic mass is 19.1. The van der Waals surface area contributed by atoms with Gasteiger partial charge in [0.25, 0.3) is 0 Å². The molecule has 1 unspecified atom stereocenters. The van der Waals surface area contributed by atoms with Crippen LogP contribution >= 0.6 is 0 Å². The maximum atomic E-state index is 14.0. The summed E-state index contributed by atoms with van der Waals surface area (Å²) in [6.07, 6.45) is 0. The van der Waals surface area contributed by atoms with Crippen LogP contribution in [-0.4, -0.2) is 12.6 Å². The Morgan fingerprint density at radius 1 is 1.28 bits per heavy atom. The van der Waals surface area contributed by atoms with Crippen LogP contribution in [0.3, 0.4) is 0 Å². The fourth-order valence-corrected chi connectivity index (χ4v) is 3.12. The number of para-hydroxylation sites is 1. The number of nitriles is 1. The van der Waals surface area contributed by atoms with Crippen LogP contribution < -0.4 is 10.5 Å². The highest BCUT2D eigenvalue weighted by Crippen LogP contribution is 2.44. The van der Waals surface area contributed by atoms with E-state index in [-0.39, 0.29) is 35.1 Å². The van der Waals surface area contributed by atoms with Crippen molar-refractivity contribution in [3.8, 4) is 17.6 Å². The lowest BCUT2D eigenvalue weighted by molar-refractivity contribution is -0.139. The third-order valence-electron chi connectivity index (χ3n) is 4.36. The van der Waals surface area contributed by atoms with Gasteiger partial charge in [0.2, 0.25) is 5.88 Å². The molecule has 0 saturated heterocycles. The van der Waals surface area contributed by atoms with Gasteiger partial charge in [-0.2, -0.15) is 5.26 Å². The van der Waals surface area contributed by atoms with Crippen LogP contribution in [0.2, 0.25) is 0 Å². The minimum Gasteiger partial charge on any atom is -0.463 e. The fraction of sp³-hybridized carbons (Fsp3) is 0.182. The number of benzene rings is 2. The first-order chi connectivity index (χ1) is 14.0. The topological polar surface area (TPSA) is 94.6 Å². The molecule has 2 aromatic rings. The van der Waals surface area contributed by atoms with Crippen LogP contribution in [-0.2, 0) is 14.3 Å². The van der Waals surface area contributed by atoms with Gasteiger partial charge < -0.3 is 19.9 Å². The standard InChI is InChI=1S/C22H19FN2O4/c1-3-27-22(26)19-13(2)28-21(25)17(12-24)20(19)16-10-9-14(23)11-18(16)29-15-7-5-4-6-8-15/h4-11,20H,3,25H2,1-2H3. The van der Waals surface area contributed by atoms with E-state index in [0.29, 0.717) is 11.3 Å². The molecule has 2 N–H and O–H groups in total. The van der Waals surface area contributed by atoms with Crippen LogP contribution in [0.4, 0.5) is 4.39 Å². The maximum Gasteiger partial charge on any atom is 0.338 e. The zero-order chi connectivity index (χ0) is 21.0. The SMILES string of the molecule is CCOC(=O)C1=C(C)OC(N)=C(C#N)C1c1ccc(F)cc1Oc1ccccc1. The Kier molecular flexibility index (Phi) is 5.84. The van der Waals surface area contributed by atoms with E-state index in [4.69, 9.17) is 19.9 Å². The predicted octanol–water partition coefficient (Wildman–Crippen LogP) is 4.26. The second-order valence-electron chi connectivity index (χ2n) is 6.21. The molecule has 7 heteroatoms. The smallest absolute Gasteiger partial charge is 0.338 e. The molecule has 0 spiro atoms. The summed E-state index contributed by atoms with van der Waals surface area (Å²) in [6, 6.07) is 14.7. The van der Waals surface area contributed by atoms with E-state index < -0.39 is 17.7 Å². The van der Waals surface area contributed by atoms with Crippen molar-refractivity contribution in [2.45, 2.75) is 19.8 Å². The first-order valence-corrected chi connectivity index (χ1v) is 8.94. The number of rotatable bonds is 5. The number of carbonyl (C=O) groups is 1. The Balaban J connectivity index is 2.18. The molecule has 0 saturated carbocycles. The van der Waals surface area contributed by atoms with Gasteiger partial charge in [0, 0.05) is 11.6 Å². The monoisotopic (exact) mass is 394 g/mol. The zero-order valence-electron chi connectivity index (χ0n) is 15.9. The van der Waals surface area contributed by atoms with Crippen molar-refractivity contribution in [1.29, 1.82) is 5.26 Å². The van der Waals surface area contributed by atoms with E-state index in [0.717, 1.165) is 0 Å². The second kappa shape index (κ2) is 8.48. The number of halogens is 1. The molecule has 3 rings (SSSR count). The average Bonchev–Trinajstić information content (AvgIpc) is 2.68. The quantitative estimate of drug-likeness (QED) is 0.762. The van der Waals surface area contributed by atoms with E-state index in [9.17, 15) is 14.4 Å². The van der Waals surface area contributed by atoms with Gasteiger partial charge in [-0.25, -0.2) is 9.18 Å². The van der Waals surface area contributed by atoms with Crippen molar-refractivity contribution in [2.75, 3.05) is 6.61 Å². The number of ether oxygens (including phenoxy) is 3. The number of carbonyl (C=O) groups excluding carboxylic acids is 1. The largest absolute Gasteiger partial charge is 0.463 e. The van der Waals surface area contributed by atoms with Crippen LogP contribution in [0.25, 0.3) is 0 Å². The molecular weight excluding hydrogens is 375 g/mol. The fourth-order valence-electron chi connectivity index (χ4n) is 3.12. The Labute approximate surface area is 167 Å². The third-order valence-corrected chi connectivity index (χ3v) is 4.36. The summed E-state index contributed by atoms with van der Waals surface area (Å²) < 4.78 is 30.4. The van der Waals surface area contributed by atoms with E-state index in [1.165, 1.54) is 18.2 Å². The van der Waals surface area contributed by atoms with Gasteiger partial charge in [-0.15, -0.1) is 0 Å². The molecule has 0 radical (unpaired) electrons. The number of hydrogen-bond donors (Lipinski definition) is 1. The van der Waals surface area contributed by atoms with Crippen molar-refractivity contribution < 1.29 is 23.4 Å². The summed E-state index contributed by atoms with van der Waals surface area (Å²) in [7, 11) is 0. The van der Waals surface area contributed by atoms with Crippen molar-refractivity contribution in [1.82, 2.24) is 0 Å². The van der Waals surface area contributed by atoms with Gasteiger partial charge in [-0.1, -0.05) is 24.3 Å². The molecule has 1 atom stereocenters. The summed E-state index contributed by atoms with van der Waals surface area (Å²) in [6.45, 7) is 3.37. The summed E-state index contributed by atoms with van der Waals surface area (Å²) in [4.78, 5) is 12.6. The molecular formula is C22H19FN2O4. The first-order valence-electron chi connectivity index (χ1n) is 8.94. The van der Waals surface area contributed by atoms with Gasteiger partial charge in [0.15, 0.2) is 0 Å². The van der Waals surface area contributed by atoms with Crippen LogP contribution in [0.1, 0.15) is 25.3 Å². The van der Waals surface area contributed by atoms with Crippen molar-refractivity contribution in [3.05, 3.63) is 82.7 Å². The van der Waals surface area contributed by atoms with Crippen LogP contribution in [0.15, 0.2) is 71.3 Å². The van der Waals surface area contributed by atoms with Crippen LogP contribution in [0, 0.1) is 17.1 Å². The third kappa shape index (κ3) is 4.06. The molecule has 2 aromatic carbocycles. The summed E-state index contributed by atoms with van der Waals surface area (Å²) in [5.41, 5.74) is 6.43. The highest BCUT2D eigenvalue weighted by molar-refractivity contribution is 5.92. The molecule has 0 aliphatic carbocycles. The number of allylic oxidation sites excluding steroid dienone is 2. The summed E-state index contributed by atoms with van der Waals surface area (Å²) in [5, 5.41) is 9.69. The Morgan fingerprint density at radius 2 is 2.00 bits per heavy atom. The summed E-state index contributed by atoms with van der Waals surface area (Å²) >= 11 is 0. The maximum absolute atomic E-state index is 14.0. The molecule has 1 aliphatic heterocycles. The predicted molar refractivity (Wildman–Crippen MR) is 103 cm³/mol. The second-order valence-corrected chi connectivity index (χ2v) is 6.21. The van der Waals surface area contributed by atoms with E-state index in [1.807, 2.05) is 12.1 Å². The molecule has 0 amide bonds. The number of esters is 1. The van der Waals surface area contributed by atoms with Gasteiger partial charge in [0.05, 0.1) is 18.1 Å². The molecule has 0 aromatic heterocycles. The van der Waals surface area contributed by atoms with Crippen molar-refractivity contribution in [2.24, 2.45) is 5.73 Å². The molecule has 1 aliphatic rings. The number of nitrogens with zero attached hydrogens (tertiary/aromatic N) is 1. The van der Waals surface area contributed by atoms with Crippen molar-refractivity contribution in [3.63, 3.8) is 0 Å². The molecule has 0 bridgehead atoms. The zero-order valence-corrected chi connectivity index (χ0v) is 15.9.